The van der Waals surface area contributed by atoms with Gasteiger partial charge in [-0.1, -0.05) is 35.1 Å². The summed E-state index contributed by atoms with van der Waals surface area (Å²) < 4.78 is 0. The molecule has 5 nitrogen and oxygen atoms in total. The number of benzene rings is 1. The van der Waals surface area contributed by atoms with E-state index in [-0.39, 0.29) is 5.91 Å². The minimum atomic E-state index is -0.113. The van der Waals surface area contributed by atoms with Crippen LogP contribution in [0.1, 0.15) is 21.8 Å². The van der Waals surface area contributed by atoms with Gasteiger partial charge >= 0.3 is 0 Å². The molecule has 7 heteroatoms. The lowest BCUT2D eigenvalue weighted by Crippen LogP contribution is -2.21. The average Bonchev–Trinajstić information content (AvgIpc) is 3.05. The molecule has 0 atom stereocenters. The monoisotopic (exact) mass is 348 g/mol. The van der Waals surface area contributed by atoms with E-state index < -0.39 is 0 Å². The summed E-state index contributed by atoms with van der Waals surface area (Å²) >= 11 is 7.80. The number of aromatic nitrogens is 2. The number of halogens is 1. The summed E-state index contributed by atoms with van der Waals surface area (Å²) in [5.41, 5.74) is 2.55. The summed E-state index contributed by atoms with van der Waals surface area (Å²) in [6.07, 6.45) is 3.21. The van der Waals surface area contributed by atoms with Crippen LogP contribution in [0, 0.1) is 0 Å². The first-order valence-corrected chi connectivity index (χ1v) is 8.51. The fraction of sp³-hybridized carbons (Fsp3) is 0.312. The minimum absolute atomic E-state index is 0.113. The fourth-order valence-corrected chi connectivity index (χ4v) is 3.48. The van der Waals surface area contributed by atoms with Gasteiger partial charge in [-0.3, -0.25) is 4.79 Å². The highest BCUT2D eigenvalue weighted by Crippen LogP contribution is 2.31. The Bertz CT molecular complexity index is 769. The lowest BCUT2D eigenvalue weighted by Gasteiger charge is -2.12. The van der Waals surface area contributed by atoms with Crippen molar-refractivity contribution in [1.29, 1.82) is 0 Å². The molecule has 0 radical (unpaired) electrons. The van der Waals surface area contributed by atoms with Crippen LogP contribution in [0.2, 0.25) is 5.02 Å². The molecule has 1 amide bonds. The van der Waals surface area contributed by atoms with E-state index in [9.17, 15) is 4.79 Å². The van der Waals surface area contributed by atoms with Crippen LogP contribution < -0.4 is 5.32 Å². The van der Waals surface area contributed by atoms with Crippen molar-refractivity contribution in [2.75, 3.05) is 27.2 Å². The first-order chi connectivity index (χ1) is 11.1. The van der Waals surface area contributed by atoms with E-state index in [0.29, 0.717) is 10.6 Å². The number of hydrogen-bond acceptors (Lipinski definition) is 5. The van der Waals surface area contributed by atoms with Crippen LogP contribution in [0.4, 0.5) is 0 Å². The molecule has 0 spiro atoms. The number of hydrogen-bond donors (Lipinski definition) is 1. The van der Waals surface area contributed by atoms with Gasteiger partial charge in [0.2, 0.25) is 0 Å². The van der Waals surface area contributed by atoms with Gasteiger partial charge in [-0.15, -0.1) is 10.2 Å². The Hall–Kier alpha value is -1.76. The summed E-state index contributed by atoms with van der Waals surface area (Å²) in [7, 11) is 3.41. The second kappa shape index (κ2) is 6.78. The van der Waals surface area contributed by atoms with E-state index in [1.165, 1.54) is 21.8 Å². The topological polar surface area (TPSA) is 58.1 Å². The normalized spacial score (nSPS) is 14.5. The molecule has 0 aliphatic carbocycles. The van der Waals surface area contributed by atoms with Crippen molar-refractivity contribution in [2.24, 2.45) is 0 Å². The van der Waals surface area contributed by atoms with Crippen LogP contribution in [0.3, 0.4) is 0 Å². The van der Waals surface area contributed by atoms with Crippen LogP contribution in [0.5, 0.6) is 0 Å². The van der Waals surface area contributed by atoms with Crippen molar-refractivity contribution < 1.29 is 4.79 Å². The summed E-state index contributed by atoms with van der Waals surface area (Å²) in [4.78, 5) is 13.5. The Morgan fingerprint density at radius 3 is 2.74 bits per heavy atom. The summed E-state index contributed by atoms with van der Waals surface area (Å²) in [5, 5.41) is 14.0. The molecule has 2 aromatic rings. The van der Waals surface area contributed by atoms with E-state index in [0.717, 1.165) is 35.1 Å². The van der Waals surface area contributed by atoms with E-state index in [4.69, 9.17) is 11.6 Å². The van der Waals surface area contributed by atoms with Crippen molar-refractivity contribution in [3.05, 3.63) is 39.9 Å². The second-order valence-corrected chi connectivity index (χ2v) is 6.89. The molecule has 3 rings (SSSR count). The molecule has 2 heterocycles. The number of nitrogens with zero attached hydrogens (tertiary/aromatic N) is 3. The molecule has 0 fully saturated rings. The highest BCUT2D eigenvalue weighted by atomic mass is 35.5. The molecule has 1 aliphatic rings. The Kier molecular flexibility index (Phi) is 4.75. The Balaban J connectivity index is 1.88. The minimum Gasteiger partial charge on any atom is -0.345 e. The molecular weight excluding hydrogens is 332 g/mol. The zero-order chi connectivity index (χ0) is 16.4. The van der Waals surface area contributed by atoms with Gasteiger partial charge in [0.1, 0.15) is 10.0 Å². The molecule has 120 valence electrons. The molecule has 1 N–H and O–H groups in total. The molecule has 23 heavy (non-hydrogen) atoms. The van der Waals surface area contributed by atoms with Crippen LogP contribution in [0.25, 0.3) is 16.1 Å². The molecular formula is C16H17ClN4OS. The zero-order valence-corrected chi connectivity index (χ0v) is 14.5. The molecule has 0 saturated heterocycles. The molecule has 0 unspecified atom stereocenters. The van der Waals surface area contributed by atoms with Crippen molar-refractivity contribution in [3.63, 3.8) is 0 Å². The maximum absolute atomic E-state index is 12.0. The van der Waals surface area contributed by atoms with Gasteiger partial charge in [0.05, 0.1) is 10.6 Å². The van der Waals surface area contributed by atoms with E-state index in [2.05, 4.69) is 21.6 Å². The van der Waals surface area contributed by atoms with Gasteiger partial charge in [-0.05, 0) is 30.7 Å². The van der Waals surface area contributed by atoms with Gasteiger partial charge in [0.25, 0.3) is 5.91 Å². The van der Waals surface area contributed by atoms with Crippen LogP contribution in [0.15, 0.2) is 24.3 Å². The lowest BCUT2D eigenvalue weighted by atomic mass is 10.1. The summed E-state index contributed by atoms with van der Waals surface area (Å²) in [6, 6.07) is 5.37. The zero-order valence-electron chi connectivity index (χ0n) is 13.0. The van der Waals surface area contributed by atoms with Crippen LogP contribution in [-0.2, 0) is 0 Å². The van der Waals surface area contributed by atoms with Crippen LogP contribution in [-0.4, -0.2) is 48.2 Å². The smallest absolute Gasteiger partial charge is 0.254 e. The van der Waals surface area contributed by atoms with Crippen molar-refractivity contribution >= 4 is 34.4 Å². The SMILES string of the molecule is CN(C)C(=O)c1ccc(-c2nnc(C3=CCCNC3)s2)cc1Cl. The van der Waals surface area contributed by atoms with Gasteiger partial charge in [0, 0.05) is 26.2 Å². The summed E-state index contributed by atoms with van der Waals surface area (Å²) in [5.74, 6) is -0.113. The lowest BCUT2D eigenvalue weighted by molar-refractivity contribution is 0.0828. The predicted molar refractivity (Wildman–Crippen MR) is 93.8 cm³/mol. The van der Waals surface area contributed by atoms with Gasteiger partial charge in [-0.2, -0.15) is 0 Å². The highest BCUT2D eigenvalue weighted by Gasteiger charge is 2.16. The van der Waals surface area contributed by atoms with Gasteiger partial charge in [0.15, 0.2) is 0 Å². The average molecular weight is 349 g/mol. The first kappa shape index (κ1) is 16.1. The Morgan fingerprint density at radius 2 is 2.09 bits per heavy atom. The highest BCUT2D eigenvalue weighted by molar-refractivity contribution is 7.15. The third-order valence-corrected chi connectivity index (χ3v) is 4.94. The van der Waals surface area contributed by atoms with E-state index in [1.54, 1.807) is 26.2 Å². The van der Waals surface area contributed by atoms with Gasteiger partial charge in [-0.25, -0.2) is 0 Å². The van der Waals surface area contributed by atoms with Crippen molar-refractivity contribution in [3.8, 4) is 10.6 Å². The number of nitrogens with one attached hydrogen (secondary N) is 1. The Labute approximate surface area is 144 Å². The standard InChI is InChI=1S/C16H17ClN4OS/c1-21(2)16(22)12-6-5-10(8-13(12)17)14-19-20-15(23-14)11-4-3-7-18-9-11/h4-6,8,18H,3,7,9H2,1-2H3. The maximum Gasteiger partial charge on any atom is 0.254 e. The van der Waals surface area contributed by atoms with Crippen molar-refractivity contribution in [2.45, 2.75) is 6.42 Å². The number of carbonyl (C=O) groups is 1. The quantitative estimate of drug-likeness (QED) is 0.926. The molecule has 1 aromatic carbocycles. The van der Waals surface area contributed by atoms with Crippen molar-refractivity contribution in [1.82, 2.24) is 20.4 Å². The first-order valence-electron chi connectivity index (χ1n) is 7.31. The molecule has 1 aromatic heterocycles. The van der Waals surface area contributed by atoms with Gasteiger partial charge < -0.3 is 10.2 Å². The molecule has 0 saturated carbocycles. The predicted octanol–water partition coefficient (Wildman–Crippen LogP) is 2.94. The fourth-order valence-electron chi connectivity index (χ4n) is 2.34. The third kappa shape index (κ3) is 3.44. The number of rotatable bonds is 3. The van der Waals surface area contributed by atoms with E-state index >= 15 is 0 Å². The van der Waals surface area contributed by atoms with E-state index in [1.807, 2.05) is 6.07 Å². The molecule has 1 aliphatic heterocycles. The third-order valence-electron chi connectivity index (χ3n) is 3.58. The maximum atomic E-state index is 12.0. The Morgan fingerprint density at radius 1 is 1.30 bits per heavy atom. The number of carbonyl (C=O) groups excluding carboxylic acids is 1. The number of amides is 1. The largest absolute Gasteiger partial charge is 0.345 e. The van der Waals surface area contributed by atoms with Crippen LogP contribution >= 0.6 is 22.9 Å². The second-order valence-electron chi connectivity index (χ2n) is 5.50. The molecule has 0 bridgehead atoms. The summed E-state index contributed by atoms with van der Waals surface area (Å²) in [6.45, 7) is 1.83.